The number of benzene rings is 2. The summed E-state index contributed by atoms with van der Waals surface area (Å²) in [6, 6.07) is 17.6. The van der Waals surface area contributed by atoms with Gasteiger partial charge in [-0.1, -0.05) is 36.4 Å². The van der Waals surface area contributed by atoms with Crippen LogP contribution in [0.15, 0.2) is 54.6 Å². The Hall–Kier alpha value is -3.33. The van der Waals surface area contributed by atoms with E-state index in [1.807, 2.05) is 36.4 Å². The van der Waals surface area contributed by atoms with E-state index in [-0.39, 0.29) is 6.54 Å². The van der Waals surface area contributed by atoms with Crippen LogP contribution in [0.25, 0.3) is 0 Å². The van der Waals surface area contributed by atoms with Crippen molar-refractivity contribution in [3.8, 4) is 6.07 Å². The number of anilines is 1. The molecule has 0 fully saturated rings. The third-order valence-electron chi connectivity index (χ3n) is 2.99. The fourth-order valence-electron chi connectivity index (χ4n) is 1.87. The van der Waals surface area contributed by atoms with Crippen LogP contribution in [-0.4, -0.2) is 18.5 Å². The molecule has 3 amide bonds. The standard InChI is InChI=1S/C17H16N4O2/c18-10-14-7-4-8-15(9-14)19-12-16(22)21-17(23)20-11-13-5-2-1-3-6-13/h1-9,19H,11-12H2,(H2,20,21,22,23). The first-order chi connectivity index (χ1) is 11.2. The van der Waals surface area contributed by atoms with Crippen LogP contribution in [-0.2, 0) is 11.3 Å². The molecule has 0 unspecified atom stereocenters. The van der Waals surface area contributed by atoms with E-state index in [1.54, 1.807) is 24.3 Å². The predicted octanol–water partition coefficient (Wildman–Crippen LogP) is 2.00. The van der Waals surface area contributed by atoms with Crippen LogP contribution in [0.4, 0.5) is 10.5 Å². The lowest BCUT2D eigenvalue weighted by Crippen LogP contribution is -2.41. The monoisotopic (exact) mass is 308 g/mol. The third kappa shape index (κ3) is 5.52. The second-order valence-electron chi connectivity index (χ2n) is 4.76. The van der Waals surface area contributed by atoms with Crippen LogP contribution in [0, 0.1) is 11.3 Å². The lowest BCUT2D eigenvalue weighted by molar-refractivity contribution is -0.118. The molecule has 0 aromatic heterocycles. The molecule has 6 nitrogen and oxygen atoms in total. The molecule has 23 heavy (non-hydrogen) atoms. The van der Waals surface area contributed by atoms with Gasteiger partial charge >= 0.3 is 6.03 Å². The van der Waals surface area contributed by atoms with Crippen molar-refractivity contribution in [1.29, 1.82) is 5.26 Å². The van der Waals surface area contributed by atoms with Crippen molar-refractivity contribution >= 4 is 17.6 Å². The van der Waals surface area contributed by atoms with Crippen LogP contribution < -0.4 is 16.0 Å². The molecule has 0 atom stereocenters. The van der Waals surface area contributed by atoms with Gasteiger partial charge in [-0.05, 0) is 23.8 Å². The van der Waals surface area contributed by atoms with E-state index in [2.05, 4.69) is 16.0 Å². The number of nitrogens with zero attached hydrogens (tertiary/aromatic N) is 1. The van der Waals surface area contributed by atoms with Crippen LogP contribution in [0.1, 0.15) is 11.1 Å². The number of amides is 3. The molecular formula is C17H16N4O2. The average molecular weight is 308 g/mol. The van der Waals surface area contributed by atoms with Crippen molar-refractivity contribution < 1.29 is 9.59 Å². The van der Waals surface area contributed by atoms with Gasteiger partial charge in [0, 0.05) is 12.2 Å². The summed E-state index contributed by atoms with van der Waals surface area (Å²) in [4.78, 5) is 23.3. The largest absolute Gasteiger partial charge is 0.376 e. The van der Waals surface area contributed by atoms with Crippen molar-refractivity contribution in [2.75, 3.05) is 11.9 Å². The number of carbonyl (C=O) groups excluding carboxylic acids is 2. The summed E-state index contributed by atoms with van der Waals surface area (Å²) < 4.78 is 0. The number of nitrogens with one attached hydrogen (secondary N) is 3. The minimum absolute atomic E-state index is 0.0619. The summed E-state index contributed by atoms with van der Waals surface area (Å²) in [5.74, 6) is -0.460. The Morgan fingerprint density at radius 2 is 1.83 bits per heavy atom. The molecule has 2 aromatic carbocycles. The second-order valence-corrected chi connectivity index (χ2v) is 4.76. The Labute approximate surface area is 134 Å². The highest BCUT2D eigenvalue weighted by atomic mass is 16.2. The molecule has 0 bridgehead atoms. The molecule has 0 aliphatic carbocycles. The van der Waals surface area contributed by atoms with E-state index < -0.39 is 11.9 Å². The first kappa shape index (κ1) is 16.0. The van der Waals surface area contributed by atoms with Gasteiger partial charge in [0.1, 0.15) is 0 Å². The predicted molar refractivity (Wildman–Crippen MR) is 86.5 cm³/mol. The number of hydrogen-bond donors (Lipinski definition) is 3. The summed E-state index contributed by atoms with van der Waals surface area (Å²) >= 11 is 0. The summed E-state index contributed by atoms with van der Waals surface area (Å²) in [7, 11) is 0. The van der Waals surface area contributed by atoms with E-state index in [9.17, 15) is 9.59 Å². The van der Waals surface area contributed by atoms with E-state index in [4.69, 9.17) is 5.26 Å². The van der Waals surface area contributed by atoms with Gasteiger partial charge in [-0.3, -0.25) is 10.1 Å². The first-order valence-corrected chi connectivity index (χ1v) is 7.03. The zero-order chi connectivity index (χ0) is 16.5. The minimum Gasteiger partial charge on any atom is -0.376 e. The number of urea groups is 1. The fourth-order valence-corrected chi connectivity index (χ4v) is 1.87. The second kappa shape index (κ2) is 8.20. The first-order valence-electron chi connectivity index (χ1n) is 7.03. The van der Waals surface area contributed by atoms with Crippen LogP contribution in [0.2, 0.25) is 0 Å². The van der Waals surface area contributed by atoms with Crippen LogP contribution >= 0.6 is 0 Å². The Kier molecular flexibility index (Phi) is 5.72. The Morgan fingerprint density at radius 1 is 1.04 bits per heavy atom. The summed E-state index contributed by atoms with van der Waals surface area (Å²) in [5, 5.41) is 16.5. The molecule has 0 saturated heterocycles. The quantitative estimate of drug-likeness (QED) is 0.787. The van der Waals surface area contributed by atoms with Crippen molar-refractivity contribution in [3.63, 3.8) is 0 Å². The van der Waals surface area contributed by atoms with Gasteiger partial charge < -0.3 is 10.6 Å². The van der Waals surface area contributed by atoms with Gasteiger partial charge in [0.05, 0.1) is 18.2 Å². The summed E-state index contributed by atoms with van der Waals surface area (Å²) in [6.45, 7) is 0.283. The van der Waals surface area contributed by atoms with E-state index in [0.29, 0.717) is 17.8 Å². The maximum Gasteiger partial charge on any atom is 0.321 e. The Balaban J connectivity index is 1.73. The van der Waals surface area contributed by atoms with Crippen molar-refractivity contribution in [2.24, 2.45) is 0 Å². The van der Waals surface area contributed by atoms with Crippen molar-refractivity contribution in [1.82, 2.24) is 10.6 Å². The van der Waals surface area contributed by atoms with Gasteiger partial charge in [-0.15, -0.1) is 0 Å². The smallest absolute Gasteiger partial charge is 0.321 e. The van der Waals surface area contributed by atoms with E-state index in [1.165, 1.54) is 0 Å². The zero-order valence-corrected chi connectivity index (χ0v) is 12.4. The number of imide groups is 1. The minimum atomic E-state index is -0.550. The molecule has 6 heteroatoms. The topological polar surface area (TPSA) is 94.0 Å². The fraction of sp³-hybridized carbons (Fsp3) is 0.118. The van der Waals surface area contributed by atoms with Gasteiger partial charge in [0.25, 0.3) is 0 Å². The lowest BCUT2D eigenvalue weighted by atomic mass is 10.2. The number of rotatable bonds is 5. The third-order valence-corrected chi connectivity index (χ3v) is 2.99. The van der Waals surface area contributed by atoms with E-state index >= 15 is 0 Å². The van der Waals surface area contributed by atoms with Gasteiger partial charge in [-0.25, -0.2) is 4.79 Å². The van der Waals surface area contributed by atoms with Crippen LogP contribution in [0.5, 0.6) is 0 Å². The molecule has 116 valence electrons. The molecule has 0 heterocycles. The molecule has 2 aromatic rings. The highest BCUT2D eigenvalue weighted by Crippen LogP contribution is 2.08. The maximum absolute atomic E-state index is 11.7. The molecule has 0 spiro atoms. The molecule has 0 aliphatic rings. The highest BCUT2D eigenvalue weighted by molar-refractivity contribution is 5.96. The molecule has 2 rings (SSSR count). The molecule has 0 aliphatic heterocycles. The Bertz CT molecular complexity index is 723. The van der Waals surface area contributed by atoms with Crippen LogP contribution in [0.3, 0.4) is 0 Å². The number of nitriles is 1. The number of carbonyl (C=O) groups is 2. The summed E-state index contributed by atoms with van der Waals surface area (Å²) in [6.07, 6.45) is 0. The van der Waals surface area contributed by atoms with Crippen molar-refractivity contribution in [3.05, 3.63) is 65.7 Å². The number of hydrogen-bond acceptors (Lipinski definition) is 4. The normalized spacial score (nSPS) is 9.52. The highest BCUT2D eigenvalue weighted by Gasteiger charge is 2.07. The van der Waals surface area contributed by atoms with Gasteiger partial charge in [0.2, 0.25) is 5.91 Å². The Morgan fingerprint density at radius 3 is 2.57 bits per heavy atom. The average Bonchev–Trinajstić information content (AvgIpc) is 2.59. The molecule has 0 saturated carbocycles. The van der Waals surface area contributed by atoms with E-state index in [0.717, 1.165) is 5.56 Å². The SMILES string of the molecule is N#Cc1cccc(NCC(=O)NC(=O)NCc2ccccc2)c1. The van der Waals surface area contributed by atoms with Gasteiger partial charge in [-0.2, -0.15) is 5.26 Å². The van der Waals surface area contributed by atoms with Gasteiger partial charge in [0.15, 0.2) is 0 Å². The molecule has 3 N–H and O–H groups in total. The maximum atomic E-state index is 11.7. The summed E-state index contributed by atoms with van der Waals surface area (Å²) in [5.41, 5.74) is 2.08. The molecular weight excluding hydrogens is 292 g/mol. The zero-order valence-electron chi connectivity index (χ0n) is 12.4. The van der Waals surface area contributed by atoms with Crippen molar-refractivity contribution in [2.45, 2.75) is 6.54 Å². The lowest BCUT2D eigenvalue weighted by Gasteiger charge is -2.08. The molecule has 0 radical (unpaired) electrons.